The Kier molecular flexibility index (Phi) is 9.19. The summed E-state index contributed by atoms with van der Waals surface area (Å²) in [6.07, 6.45) is 8.40. The number of nitrogens with zero attached hydrogens (tertiary/aromatic N) is 2. The fourth-order valence-corrected chi connectivity index (χ4v) is 5.46. The lowest BCUT2D eigenvalue weighted by Gasteiger charge is -2.23. The van der Waals surface area contributed by atoms with Crippen molar-refractivity contribution >= 4 is 35.0 Å². The molecule has 1 aliphatic rings. The number of halogens is 1. The number of fused-ring (bicyclic) bond motifs is 1. The molecular weight excluding hydrogens is 556 g/mol. The molecule has 0 N–H and O–H groups in total. The van der Waals surface area contributed by atoms with Crippen LogP contribution in [0.4, 0.5) is 0 Å². The lowest BCUT2D eigenvalue weighted by atomic mass is 9.97. The van der Waals surface area contributed by atoms with Crippen molar-refractivity contribution < 1.29 is 28.5 Å². The molecule has 0 unspecified atom stereocenters. The maximum atomic E-state index is 13.8. The van der Waals surface area contributed by atoms with E-state index in [-0.39, 0.29) is 22.8 Å². The molecule has 0 bridgehead atoms. The number of methoxy groups -OCH3 is 2. The highest BCUT2D eigenvalue weighted by atomic mass is 35.5. The van der Waals surface area contributed by atoms with Crippen LogP contribution in [0.15, 0.2) is 51.9 Å². The summed E-state index contributed by atoms with van der Waals surface area (Å²) >= 11 is 7.60. The number of rotatable bonds is 10. The van der Waals surface area contributed by atoms with Crippen LogP contribution in [0.5, 0.6) is 23.0 Å². The minimum absolute atomic E-state index is 0.0209. The number of carbonyl (C=O) groups excluding carboxylic acids is 1. The zero-order chi connectivity index (χ0) is 28.8. The van der Waals surface area contributed by atoms with Gasteiger partial charge in [0.25, 0.3) is 5.56 Å². The quantitative estimate of drug-likeness (QED) is 0.267. The number of carbonyl (C=O) groups is 1. The highest BCUT2D eigenvalue weighted by molar-refractivity contribution is 7.07. The zero-order valence-corrected chi connectivity index (χ0v) is 23.9. The lowest BCUT2D eigenvalue weighted by Crippen LogP contribution is -2.39. The van der Waals surface area contributed by atoms with Crippen LogP contribution in [-0.2, 0) is 9.53 Å². The van der Waals surface area contributed by atoms with Gasteiger partial charge in [0.2, 0.25) is 0 Å². The Labute approximate surface area is 239 Å². The molecule has 2 aromatic carbocycles. The van der Waals surface area contributed by atoms with Gasteiger partial charge in [0.15, 0.2) is 27.8 Å². The molecule has 1 aliphatic heterocycles. The fourth-order valence-electron chi connectivity index (χ4n) is 4.22. The van der Waals surface area contributed by atoms with Crippen LogP contribution in [-0.4, -0.2) is 44.6 Å². The molecule has 4 rings (SSSR count). The van der Waals surface area contributed by atoms with Gasteiger partial charge in [-0.2, -0.15) is 0 Å². The van der Waals surface area contributed by atoms with Gasteiger partial charge in [-0.15, -0.1) is 6.42 Å². The van der Waals surface area contributed by atoms with Gasteiger partial charge in [-0.3, -0.25) is 9.36 Å². The van der Waals surface area contributed by atoms with Crippen molar-refractivity contribution in [3.8, 4) is 35.3 Å². The van der Waals surface area contributed by atoms with Gasteiger partial charge >= 0.3 is 5.97 Å². The first-order valence-corrected chi connectivity index (χ1v) is 13.5. The van der Waals surface area contributed by atoms with Gasteiger partial charge in [0, 0.05) is 6.20 Å². The van der Waals surface area contributed by atoms with Crippen LogP contribution in [0.3, 0.4) is 0 Å². The van der Waals surface area contributed by atoms with Gasteiger partial charge in [0.1, 0.15) is 6.61 Å². The first-order valence-electron chi connectivity index (χ1n) is 12.3. The van der Waals surface area contributed by atoms with Crippen molar-refractivity contribution in [1.82, 2.24) is 4.57 Å². The molecular formula is C29H27ClN2O7S. The number of terminal acetylenes is 1. The number of thiazole rings is 1. The van der Waals surface area contributed by atoms with Crippen LogP contribution in [0.1, 0.15) is 31.0 Å². The largest absolute Gasteiger partial charge is 0.493 e. The summed E-state index contributed by atoms with van der Waals surface area (Å²) in [6.45, 7) is 4.62. The number of aromatic nitrogens is 1. The molecule has 0 amide bonds. The molecule has 1 aromatic heterocycles. The Hall–Kier alpha value is -4.20. The van der Waals surface area contributed by atoms with Gasteiger partial charge in [-0.1, -0.05) is 34.9 Å². The Morgan fingerprint density at radius 3 is 2.55 bits per heavy atom. The van der Waals surface area contributed by atoms with Crippen LogP contribution in [0, 0.1) is 12.3 Å². The third-order valence-electron chi connectivity index (χ3n) is 5.86. The predicted octanol–water partition coefficient (Wildman–Crippen LogP) is 3.49. The van der Waals surface area contributed by atoms with Crippen LogP contribution in [0.2, 0.25) is 5.02 Å². The van der Waals surface area contributed by atoms with Gasteiger partial charge in [-0.05, 0) is 55.3 Å². The molecule has 40 heavy (non-hydrogen) atoms. The van der Waals surface area contributed by atoms with E-state index >= 15 is 0 Å². The topological polar surface area (TPSA) is 97.6 Å². The SMILES string of the molecule is C#CCOc1c(Cl)cc(/C=c2\sc3n(c2=O)[C@@H](c2ccc(OCC)c(OCC)c2)C(C(=O)OC)=CN=3)cc1OC. The Morgan fingerprint density at radius 1 is 1.12 bits per heavy atom. The Balaban J connectivity index is 1.88. The molecule has 9 nitrogen and oxygen atoms in total. The minimum Gasteiger partial charge on any atom is -0.493 e. The first-order chi connectivity index (χ1) is 19.4. The Morgan fingerprint density at radius 2 is 1.88 bits per heavy atom. The smallest absolute Gasteiger partial charge is 0.337 e. The van der Waals surface area contributed by atoms with E-state index in [1.165, 1.54) is 36.3 Å². The second-order valence-electron chi connectivity index (χ2n) is 8.28. The maximum Gasteiger partial charge on any atom is 0.337 e. The van der Waals surface area contributed by atoms with Gasteiger partial charge < -0.3 is 23.7 Å². The maximum absolute atomic E-state index is 13.8. The van der Waals surface area contributed by atoms with E-state index in [2.05, 4.69) is 10.9 Å². The Bertz CT molecular complexity index is 1680. The van der Waals surface area contributed by atoms with E-state index < -0.39 is 12.0 Å². The van der Waals surface area contributed by atoms with Crippen molar-refractivity contribution in [2.24, 2.45) is 4.99 Å². The summed E-state index contributed by atoms with van der Waals surface area (Å²) < 4.78 is 29.3. The number of hydrogen-bond donors (Lipinski definition) is 0. The number of hydrogen-bond acceptors (Lipinski definition) is 9. The summed E-state index contributed by atoms with van der Waals surface area (Å²) in [6, 6.07) is 7.83. The second-order valence-corrected chi connectivity index (χ2v) is 9.69. The van der Waals surface area contributed by atoms with E-state index in [0.29, 0.717) is 56.7 Å². The molecule has 0 radical (unpaired) electrons. The third kappa shape index (κ3) is 5.71. The van der Waals surface area contributed by atoms with Crippen LogP contribution < -0.4 is 33.8 Å². The monoisotopic (exact) mass is 582 g/mol. The van der Waals surface area contributed by atoms with E-state index in [1.54, 1.807) is 36.4 Å². The predicted molar refractivity (Wildman–Crippen MR) is 152 cm³/mol. The summed E-state index contributed by atoms with van der Waals surface area (Å²) in [5.41, 5.74) is 1.08. The van der Waals surface area contributed by atoms with Gasteiger partial charge in [-0.25, -0.2) is 9.79 Å². The zero-order valence-electron chi connectivity index (χ0n) is 22.4. The highest BCUT2D eigenvalue weighted by Crippen LogP contribution is 2.37. The van der Waals surface area contributed by atoms with Gasteiger partial charge in [0.05, 0.1) is 48.6 Å². The van der Waals surface area contributed by atoms with E-state index in [9.17, 15) is 9.59 Å². The van der Waals surface area contributed by atoms with Crippen molar-refractivity contribution in [2.75, 3.05) is 34.0 Å². The summed E-state index contributed by atoms with van der Waals surface area (Å²) in [4.78, 5) is 31.4. The average Bonchev–Trinajstić information content (AvgIpc) is 3.27. The molecule has 0 aliphatic carbocycles. The molecule has 1 atom stereocenters. The summed E-state index contributed by atoms with van der Waals surface area (Å²) in [7, 11) is 2.76. The fraction of sp³-hybridized carbons (Fsp3) is 0.276. The molecule has 11 heteroatoms. The second kappa shape index (κ2) is 12.8. The molecule has 0 saturated carbocycles. The molecule has 2 heterocycles. The molecule has 0 saturated heterocycles. The molecule has 0 fully saturated rings. The lowest BCUT2D eigenvalue weighted by molar-refractivity contribution is -0.136. The van der Waals surface area contributed by atoms with Crippen LogP contribution >= 0.6 is 22.9 Å². The van der Waals surface area contributed by atoms with Crippen molar-refractivity contribution in [1.29, 1.82) is 0 Å². The van der Waals surface area contributed by atoms with Crippen molar-refractivity contribution in [3.63, 3.8) is 0 Å². The normalized spacial score (nSPS) is 14.3. The minimum atomic E-state index is -0.807. The van der Waals surface area contributed by atoms with E-state index in [1.807, 2.05) is 13.8 Å². The van der Waals surface area contributed by atoms with Crippen molar-refractivity contribution in [3.05, 3.63) is 77.9 Å². The summed E-state index contributed by atoms with van der Waals surface area (Å²) in [5.74, 6) is 3.52. The highest BCUT2D eigenvalue weighted by Gasteiger charge is 2.31. The van der Waals surface area contributed by atoms with E-state index in [0.717, 1.165) is 0 Å². The summed E-state index contributed by atoms with van der Waals surface area (Å²) in [5, 5.41) is 0.275. The first kappa shape index (κ1) is 28.8. The standard InChI is InChI=1S/C29H27ClN2O7S/c1-6-11-39-26-20(30)12-17(13-23(26)35-4)14-24-27(33)32-25(19(28(34)36-5)16-31-29(32)40-24)18-9-10-21(37-7-2)22(15-18)38-8-3/h1,9-10,12-16,25H,7-8,11H2,2-5H3/b24-14-/t25-/m0/s1. The molecule has 0 spiro atoms. The molecule has 3 aromatic rings. The molecule has 208 valence electrons. The number of esters is 1. The number of ether oxygens (including phenoxy) is 5. The average molecular weight is 583 g/mol. The van der Waals surface area contributed by atoms with Crippen molar-refractivity contribution in [2.45, 2.75) is 19.9 Å². The number of benzene rings is 2. The van der Waals surface area contributed by atoms with E-state index in [4.69, 9.17) is 41.7 Å². The van der Waals surface area contributed by atoms with Crippen LogP contribution in [0.25, 0.3) is 6.08 Å². The third-order valence-corrected chi connectivity index (χ3v) is 7.14.